The van der Waals surface area contributed by atoms with Crippen molar-refractivity contribution in [2.75, 3.05) is 7.11 Å². The van der Waals surface area contributed by atoms with E-state index in [2.05, 4.69) is 6.58 Å². The van der Waals surface area contributed by atoms with Crippen LogP contribution in [0.25, 0.3) is 0 Å². The normalized spacial score (nSPS) is 38.4. The second-order valence-corrected chi connectivity index (χ2v) is 6.63. The lowest BCUT2D eigenvalue weighted by Gasteiger charge is -2.31. The van der Waals surface area contributed by atoms with Gasteiger partial charge in [0, 0.05) is 13.2 Å². The molecule has 0 bridgehead atoms. The molecule has 0 radical (unpaired) electrons. The number of hydrogen-bond donors (Lipinski definition) is 2. The number of esters is 1. The van der Waals surface area contributed by atoms with Crippen LogP contribution in [0.15, 0.2) is 24.8 Å². The summed E-state index contributed by atoms with van der Waals surface area (Å²) in [5.41, 5.74) is 0. The van der Waals surface area contributed by atoms with E-state index in [1.54, 1.807) is 7.11 Å². The van der Waals surface area contributed by atoms with Gasteiger partial charge in [0.2, 0.25) is 0 Å². The molecule has 23 heavy (non-hydrogen) atoms. The molecule has 2 fully saturated rings. The molecule has 0 aromatic heterocycles. The first kappa shape index (κ1) is 18.2. The van der Waals surface area contributed by atoms with Crippen molar-refractivity contribution in [3.8, 4) is 0 Å². The van der Waals surface area contributed by atoms with Crippen LogP contribution < -0.4 is 0 Å². The maximum atomic E-state index is 11.9. The molecule has 0 aromatic carbocycles. The first-order valence-electron chi connectivity index (χ1n) is 8.43. The van der Waals surface area contributed by atoms with Crippen LogP contribution in [-0.2, 0) is 14.3 Å². The van der Waals surface area contributed by atoms with Gasteiger partial charge >= 0.3 is 5.97 Å². The Hall–Kier alpha value is -1.17. The number of methoxy groups -OCH3 is 1. The second kappa shape index (κ2) is 8.62. The fourth-order valence-electron chi connectivity index (χ4n) is 3.48. The van der Waals surface area contributed by atoms with E-state index in [1.165, 1.54) is 6.08 Å². The lowest BCUT2D eigenvalue weighted by Crippen LogP contribution is -2.36. The van der Waals surface area contributed by atoms with E-state index in [0.717, 1.165) is 12.8 Å². The Labute approximate surface area is 138 Å². The first-order chi connectivity index (χ1) is 11.0. The van der Waals surface area contributed by atoms with Crippen molar-refractivity contribution in [1.29, 1.82) is 0 Å². The summed E-state index contributed by atoms with van der Waals surface area (Å²) in [5.74, 6) is 0.0960. The van der Waals surface area contributed by atoms with Gasteiger partial charge in [-0.15, -0.1) is 6.58 Å². The van der Waals surface area contributed by atoms with E-state index in [9.17, 15) is 15.0 Å². The SMILES string of the molecule is C=CC1CCC(OC(=O)/C=C/C2CCC(O)C(OC)C2)C(O)C1. The standard InChI is InChI=1S/C18H28O5/c1-3-12-5-8-16(15(20)10-12)23-18(21)9-6-13-4-7-14(19)17(11-13)22-2/h3,6,9,12-17,19-20H,1,4-5,7-8,10-11H2,2H3/b9-6+. The molecule has 2 rings (SSSR count). The molecule has 6 unspecified atom stereocenters. The molecule has 2 N–H and O–H groups in total. The zero-order valence-corrected chi connectivity index (χ0v) is 13.8. The van der Waals surface area contributed by atoms with Crippen molar-refractivity contribution in [1.82, 2.24) is 0 Å². The summed E-state index contributed by atoms with van der Waals surface area (Å²) in [6.45, 7) is 3.75. The molecule has 6 atom stereocenters. The molecule has 5 nitrogen and oxygen atoms in total. The van der Waals surface area contributed by atoms with Gasteiger partial charge in [0.05, 0.1) is 18.3 Å². The predicted molar refractivity (Wildman–Crippen MR) is 86.7 cm³/mol. The van der Waals surface area contributed by atoms with Crippen molar-refractivity contribution in [2.45, 2.75) is 62.9 Å². The summed E-state index contributed by atoms with van der Waals surface area (Å²) >= 11 is 0. The van der Waals surface area contributed by atoms with E-state index < -0.39 is 24.3 Å². The van der Waals surface area contributed by atoms with Crippen LogP contribution in [0.1, 0.15) is 38.5 Å². The van der Waals surface area contributed by atoms with Gasteiger partial charge < -0.3 is 19.7 Å². The largest absolute Gasteiger partial charge is 0.456 e. The number of aliphatic hydroxyl groups excluding tert-OH is 2. The van der Waals surface area contributed by atoms with Crippen LogP contribution in [0.5, 0.6) is 0 Å². The Bertz CT molecular complexity index is 433. The number of aliphatic hydroxyl groups is 2. The highest BCUT2D eigenvalue weighted by atomic mass is 16.6. The van der Waals surface area contributed by atoms with Crippen LogP contribution in [0.4, 0.5) is 0 Å². The summed E-state index contributed by atoms with van der Waals surface area (Å²) < 4.78 is 10.6. The van der Waals surface area contributed by atoms with Crippen LogP contribution in [0, 0.1) is 11.8 Å². The maximum absolute atomic E-state index is 11.9. The molecule has 130 valence electrons. The monoisotopic (exact) mass is 324 g/mol. The average molecular weight is 324 g/mol. The molecular formula is C18H28O5. The maximum Gasteiger partial charge on any atom is 0.330 e. The Morgan fingerprint density at radius 2 is 1.78 bits per heavy atom. The number of carbonyl (C=O) groups is 1. The van der Waals surface area contributed by atoms with E-state index in [0.29, 0.717) is 31.6 Å². The molecule has 0 aromatic rings. The van der Waals surface area contributed by atoms with Gasteiger partial charge in [-0.25, -0.2) is 4.79 Å². The van der Waals surface area contributed by atoms with E-state index >= 15 is 0 Å². The van der Waals surface area contributed by atoms with Gasteiger partial charge in [0.15, 0.2) is 0 Å². The molecule has 5 heteroatoms. The van der Waals surface area contributed by atoms with Gasteiger partial charge in [0.1, 0.15) is 6.10 Å². The van der Waals surface area contributed by atoms with E-state index in [1.807, 2.05) is 12.2 Å². The molecule has 2 aliphatic carbocycles. The van der Waals surface area contributed by atoms with Gasteiger partial charge in [-0.2, -0.15) is 0 Å². The topological polar surface area (TPSA) is 76.0 Å². The van der Waals surface area contributed by atoms with Crippen LogP contribution in [0.2, 0.25) is 0 Å². The third kappa shape index (κ3) is 5.16. The minimum absolute atomic E-state index is 0.176. The Balaban J connectivity index is 1.79. The predicted octanol–water partition coefficient (Wildman–Crippen LogP) is 1.98. The highest BCUT2D eigenvalue weighted by Crippen LogP contribution is 2.29. The minimum Gasteiger partial charge on any atom is -0.456 e. The second-order valence-electron chi connectivity index (χ2n) is 6.63. The van der Waals surface area contributed by atoms with Crippen LogP contribution in [0.3, 0.4) is 0 Å². The number of allylic oxidation sites excluding steroid dienone is 2. The Kier molecular flexibility index (Phi) is 6.81. The van der Waals surface area contributed by atoms with Gasteiger partial charge in [0.25, 0.3) is 0 Å². The van der Waals surface area contributed by atoms with Crippen molar-refractivity contribution in [2.24, 2.45) is 11.8 Å². The lowest BCUT2D eigenvalue weighted by molar-refractivity contribution is -0.152. The molecule has 0 aliphatic heterocycles. The number of rotatable bonds is 5. The minimum atomic E-state index is -0.619. The third-order valence-electron chi connectivity index (χ3n) is 5.00. The molecule has 0 saturated heterocycles. The Morgan fingerprint density at radius 3 is 2.43 bits per heavy atom. The lowest BCUT2D eigenvalue weighted by atomic mass is 9.85. The van der Waals surface area contributed by atoms with E-state index in [-0.39, 0.29) is 12.0 Å². The summed E-state index contributed by atoms with van der Waals surface area (Å²) in [6, 6.07) is 0. The summed E-state index contributed by atoms with van der Waals surface area (Å²) in [7, 11) is 1.59. The number of hydrogen-bond acceptors (Lipinski definition) is 5. The van der Waals surface area contributed by atoms with E-state index in [4.69, 9.17) is 9.47 Å². The Morgan fingerprint density at radius 1 is 1.04 bits per heavy atom. The van der Waals surface area contributed by atoms with Crippen molar-refractivity contribution in [3.05, 3.63) is 24.8 Å². The quantitative estimate of drug-likeness (QED) is 0.459. The molecule has 0 heterocycles. The first-order valence-corrected chi connectivity index (χ1v) is 8.43. The zero-order valence-electron chi connectivity index (χ0n) is 13.8. The summed E-state index contributed by atoms with van der Waals surface area (Å²) in [6.07, 6.45) is 7.85. The zero-order chi connectivity index (χ0) is 16.8. The van der Waals surface area contributed by atoms with Crippen molar-refractivity contribution in [3.63, 3.8) is 0 Å². The van der Waals surface area contributed by atoms with Crippen molar-refractivity contribution >= 4 is 5.97 Å². The van der Waals surface area contributed by atoms with Crippen LogP contribution >= 0.6 is 0 Å². The summed E-state index contributed by atoms with van der Waals surface area (Å²) in [4.78, 5) is 11.9. The molecule has 0 spiro atoms. The van der Waals surface area contributed by atoms with Crippen molar-refractivity contribution < 1.29 is 24.5 Å². The van der Waals surface area contributed by atoms with Crippen LogP contribution in [-0.4, -0.2) is 47.7 Å². The molecule has 2 aliphatic rings. The van der Waals surface area contributed by atoms with Gasteiger partial charge in [-0.05, 0) is 50.4 Å². The highest BCUT2D eigenvalue weighted by molar-refractivity contribution is 5.82. The molecule has 2 saturated carbocycles. The number of carbonyl (C=O) groups excluding carboxylic acids is 1. The van der Waals surface area contributed by atoms with Gasteiger partial charge in [-0.3, -0.25) is 0 Å². The average Bonchev–Trinajstić information content (AvgIpc) is 2.56. The highest BCUT2D eigenvalue weighted by Gasteiger charge is 2.31. The fourth-order valence-corrected chi connectivity index (χ4v) is 3.48. The fraction of sp³-hybridized carbons (Fsp3) is 0.722. The molecular weight excluding hydrogens is 296 g/mol. The van der Waals surface area contributed by atoms with Gasteiger partial charge in [-0.1, -0.05) is 12.2 Å². The summed E-state index contributed by atoms with van der Waals surface area (Å²) in [5, 5.41) is 19.8. The smallest absolute Gasteiger partial charge is 0.330 e. The number of ether oxygens (including phenoxy) is 2. The third-order valence-corrected chi connectivity index (χ3v) is 5.00. The molecule has 0 amide bonds.